The van der Waals surface area contributed by atoms with E-state index in [1.807, 2.05) is 13.8 Å². The molecule has 1 radical (unpaired) electrons. The lowest BCUT2D eigenvalue weighted by atomic mass is 10.2. The second-order valence-corrected chi connectivity index (χ2v) is 3.34. The minimum Gasteiger partial charge on any atom is -0.487 e. The van der Waals surface area contributed by atoms with Gasteiger partial charge in [0.05, 0.1) is 17.6 Å². The highest BCUT2D eigenvalue weighted by Crippen LogP contribution is 2.25. The topological polar surface area (TPSA) is 52.4 Å². The summed E-state index contributed by atoms with van der Waals surface area (Å²) < 4.78 is 5.29. The maximum absolute atomic E-state index is 10.6. The number of hydrogen-bond donors (Lipinski definition) is 0. The standard InChI is InChI=1S/C10H12NO3/c1-8(2)7-14-10-6-4-3-5-9(10)11(12)13/h3-4,6,8H,7H2,1-2H3. The molecule has 0 aliphatic rings. The van der Waals surface area contributed by atoms with Crippen LogP contribution in [0, 0.1) is 22.1 Å². The Kier molecular flexibility index (Phi) is 3.45. The van der Waals surface area contributed by atoms with E-state index in [1.54, 1.807) is 12.1 Å². The molecule has 0 aliphatic carbocycles. The van der Waals surface area contributed by atoms with Gasteiger partial charge < -0.3 is 4.74 Å². The normalized spacial score (nSPS) is 10.2. The van der Waals surface area contributed by atoms with Crippen LogP contribution in [0.2, 0.25) is 0 Å². The Labute approximate surface area is 82.7 Å². The zero-order valence-corrected chi connectivity index (χ0v) is 8.19. The van der Waals surface area contributed by atoms with Gasteiger partial charge in [0.1, 0.15) is 0 Å². The quantitative estimate of drug-likeness (QED) is 0.546. The molecule has 0 spiro atoms. The SMILES string of the molecule is CC(C)COc1ccc[c]c1[N+](=O)[O-]. The summed E-state index contributed by atoms with van der Waals surface area (Å²) in [5.74, 6) is 0.626. The summed E-state index contributed by atoms with van der Waals surface area (Å²) in [4.78, 5) is 10.1. The molecule has 0 fully saturated rings. The van der Waals surface area contributed by atoms with Gasteiger partial charge in [0.2, 0.25) is 0 Å². The van der Waals surface area contributed by atoms with Gasteiger partial charge in [-0.15, -0.1) is 0 Å². The van der Waals surface area contributed by atoms with Crippen LogP contribution in [-0.2, 0) is 0 Å². The van der Waals surface area contributed by atoms with Gasteiger partial charge >= 0.3 is 5.69 Å². The molecule has 1 aromatic rings. The fourth-order valence-electron chi connectivity index (χ4n) is 0.928. The third kappa shape index (κ3) is 2.73. The van der Waals surface area contributed by atoms with E-state index in [0.29, 0.717) is 12.5 Å². The average Bonchev–Trinajstić information content (AvgIpc) is 2.15. The molecular formula is C10H12NO3. The zero-order chi connectivity index (χ0) is 10.6. The van der Waals surface area contributed by atoms with E-state index >= 15 is 0 Å². The Bertz CT molecular complexity index is 323. The van der Waals surface area contributed by atoms with Gasteiger partial charge in [-0.2, -0.15) is 0 Å². The fourth-order valence-corrected chi connectivity index (χ4v) is 0.928. The van der Waals surface area contributed by atoms with E-state index in [2.05, 4.69) is 6.07 Å². The molecule has 1 rings (SSSR count). The van der Waals surface area contributed by atoms with E-state index in [-0.39, 0.29) is 11.4 Å². The van der Waals surface area contributed by atoms with Crippen LogP contribution in [0.15, 0.2) is 18.2 Å². The van der Waals surface area contributed by atoms with Crippen LogP contribution < -0.4 is 4.74 Å². The number of hydrogen-bond acceptors (Lipinski definition) is 3. The molecule has 0 unspecified atom stereocenters. The lowest BCUT2D eigenvalue weighted by molar-refractivity contribution is -0.386. The van der Waals surface area contributed by atoms with E-state index < -0.39 is 4.92 Å². The second-order valence-electron chi connectivity index (χ2n) is 3.34. The maximum atomic E-state index is 10.6. The first kappa shape index (κ1) is 10.5. The van der Waals surface area contributed by atoms with Crippen LogP contribution in [0.1, 0.15) is 13.8 Å². The molecule has 0 saturated carbocycles. The van der Waals surface area contributed by atoms with Gasteiger partial charge in [-0.1, -0.05) is 19.9 Å². The van der Waals surface area contributed by atoms with Crippen molar-refractivity contribution < 1.29 is 9.66 Å². The molecule has 4 nitrogen and oxygen atoms in total. The highest BCUT2D eigenvalue weighted by molar-refractivity contribution is 5.44. The summed E-state index contributed by atoms with van der Waals surface area (Å²) >= 11 is 0. The predicted molar refractivity (Wildman–Crippen MR) is 52.3 cm³/mol. The summed E-state index contributed by atoms with van der Waals surface area (Å²) in [6, 6.07) is 7.29. The third-order valence-corrected chi connectivity index (χ3v) is 1.55. The molecule has 0 heterocycles. The van der Waals surface area contributed by atoms with Gasteiger partial charge in [-0.3, -0.25) is 10.1 Å². The van der Waals surface area contributed by atoms with Crippen molar-refractivity contribution in [1.82, 2.24) is 0 Å². The van der Waals surface area contributed by atoms with Crippen molar-refractivity contribution in [3.8, 4) is 5.75 Å². The van der Waals surface area contributed by atoms with E-state index in [0.717, 1.165) is 0 Å². The van der Waals surface area contributed by atoms with Crippen LogP contribution in [0.3, 0.4) is 0 Å². The molecule has 0 aliphatic heterocycles. The van der Waals surface area contributed by atoms with Gasteiger partial charge in [-0.05, 0) is 18.1 Å². The van der Waals surface area contributed by atoms with Gasteiger partial charge in [0.15, 0.2) is 5.75 Å². The van der Waals surface area contributed by atoms with Gasteiger partial charge in [0, 0.05) is 0 Å². The highest BCUT2D eigenvalue weighted by Gasteiger charge is 2.14. The van der Waals surface area contributed by atoms with E-state index in [1.165, 1.54) is 6.07 Å². The van der Waals surface area contributed by atoms with Crippen LogP contribution in [0.25, 0.3) is 0 Å². The Morgan fingerprint density at radius 2 is 2.36 bits per heavy atom. The van der Waals surface area contributed by atoms with Gasteiger partial charge in [0.25, 0.3) is 0 Å². The Balaban J connectivity index is 2.79. The number of ether oxygens (including phenoxy) is 1. The first-order valence-corrected chi connectivity index (χ1v) is 4.39. The average molecular weight is 194 g/mol. The van der Waals surface area contributed by atoms with Crippen molar-refractivity contribution in [2.24, 2.45) is 5.92 Å². The first-order chi connectivity index (χ1) is 6.61. The van der Waals surface area contributed by atoms with E-state index in [4.69, 9.17) is 4.74 Å². The minimum absolute atomic E-state index is 0.104. The fraction of sp³-hybridized carbons (Fsp3) is 0.400. The lowest BCUT2D eigenvalue weighted by Crippen LogP contribution is -2.06. The van der Waals surface area contributed by atoms with Crippen LogP contribution in [0.4, 0.5) is 5.69 Å². The number of benzene rings is 1. The molecule has 75 valence electrons. The summed E-state index contributed by atoms with van der Waals surface area (Å²) in [5.41, 5.74) is -0.104. The number of rotatable bonds is 4. The Morgan fingerprint density at radius 3 is 2.93 bits per heavy atom. The van der Waals surface area contributed by atoms with Crippen molar-refractivity contribution in [1.29, 1.82) is 0 Å². The Morgan fingerprint density at radius 1 is 1.64 bits per heavy atom. The molecule has 0 bridgehead atoms. The highest BCUT2D eigenvalue weighted by atomic mass is 16.6. The number of para-hydroxylation sites is 1. The first-order valence-electron chi connectivity index (χ1n) is 4.39. The molecule has 0 aromatic heterocycles. The molecular weight excluding hydrogens is 182 g/mol. The largest absolute Gasteiger partial charge is 0.487 e. The van der Waals surface area contributed by atoms with Crippen LogP contribution in [-0.4, -0.2) is 11.5 Å². The van der Waals surface area contributed by atoms with Crippen LogP contribution >= 0.6 is 0 Å². The smallest absolute Gasteiger partial charge is 0.318 e. The summed E-state index contributed by atoms with van der Waals surface area (Å²) in [7, 11) is 0. The molecule has 14 heavy (non-hydrogen) atoms. The van der Waals surface area contributed by atoms with Crippen molar-refractivity contribution in [3.63, 3.8) is 0 Å². The summed E-state index contributed by atoms with van der Waals surface area (Å²) in [5, 5.41) is 10.6. The second kappa shape index (κ2) is 4.60. The van der Waals surface area contributed by atoms with Crippen molar-refractivity contribution >= 4 is 5.69 Å². The molecule has 1 aromatic carbocycles. The number of nitro benzene ring substituents is 1. The zero-order valence-electron chi connectivity index (χ0n) is 8.19. The maximum Gasteiger partial charge on any atom is 0.318 e. The molecule has 4 heteroatoms. The third-order valence-electron chi connectivity index (χ3n) is 1.55. The predicted octanol–water partition coefficient (Wildman–Crippen LogP) is 2.43. The van der Waals surface area contributed by atoms with Crippen molar-refractivity contribution in [2.75, 3.05) is 6.61 Å². The molecule has 0 amide bonds. The Hall–Kier alpha value is -1.58. The molecule has 0 atom stereocenters. The van der Waals surface area contributed by atoms with Crippen molar-refractivity contribution in [2.45, 2.75) is 13.8 Å². The minimum atomic E-state index is -0.490. The summed E-state index contributed by atoms with van der Waals surface area (Å²) in [6.07, 6.45) is 0. The molecule has 0 N–H and O–H groups in total. The van der Waals surface area contributed by atoms with E-state index in [9.17, 15) is 10.1 Å². The number of nitrogens with zero attached hydrogens (tertiary/aromatic N) is 1. The lowest BCUT2D eigenvalue weighted by Gasteiger charge is -2.07. The number of nitro groups is 1. The van der Waals surface area contributed by atoms with Crippen LogP contribution in [0.5, 0.6) is 5.75 Å². The molecule has 0 saturated heterocycles. The summed E-state index contributed by atoms with van der Waals surface area (Å²) in [6.45, 7) is 4.44. The van der Waals surface area contributed by atoms with Crippen molar-refractivity contribution in [3.05, 3.63) is 34.4 Å². The monoisotopic (exact) mass is 194 g/mol. The van der Waals surface area contributed by atoms with Gasteiger partial charge in [-0.25, -0.2) is 0 Å².